The molecule has 0 fully saturated rings. The van der Waals surface area contributed by atoms with Gasteiger partial charge in [-0.3, -0.25) is 9.89 Å². The molecule has 7 nitrogen and oxygen atoms in total. The van der Waals surface area contributed by atoms with Gasteiger partial charge in [-0.15, -0.1) is 5.10 Å². The van der Waals surface area contributed by atoms with Crippen molar-refractivity contribution in [2.45, 2.75) is 45.2 Å². The molecule has 33 heavy (non-hydrogen) atoms. The van der Waals surface area contributed by atoms with Gasteiger partial charge < -0.3 is 16.2 Å². The van der Waals surface area contributed by atoms with Gasteiger partial charge in [-0.2, -0.15) is 18.4 Å². The summed E-state index contributed by atoms with van der Waals surface area (Å²) in [5.74, 6) is -0.984. The second-order valence-electron chi connectivity index (χ2n) is 8.19. The molecule has 0 aliphatic carbocycles. The Morgan fingerprint density at radius 2 is 2.06 bits per heavy atom. The molecule has 1 aromatic heterocycles. The third-order valence-electron chi connectivity index (χ3n) is 5.74. The first-order valence-electron chi connectivity index (χ1n) is 10.2. The molecule has 2 heterocycles. The molecule has 10 heteroatoms. The smallest absolute Gasteiger partial charge is 0.416 e. The number of primary amides is 1. The van der Waals surface area contributed by atoms with Crippen molar-refractivity contribution in [1.82, 2.24) is 10.2 Å². The molecule has 0 bridgehead atoms. The topological polar surface area (TPSA) is 131 Å². The molecule has 1 aliphatic heterocycles. The summed E-state index contributed by atoms with van der Waals surface area (Å²) >= 11 is 0. The highest BCUT2D eigenvalue weighted by Gasteiger charge is 2.51. The molecule has 1 aromatic carbocycles. The van der Waals surface area contributed by atoms with Gasteiger partial charge in [0.15, 0.2) is 0 Å². The number of nitrogens with two attached hydrogens (primary N) is 2. The second kappa shape index (κ2) is 8.65. The minimum Gasteiger partial charge on any atom is -0.420 e. The number of H-pyrrole nitrogens is 1. The Kier molecular flexibility index (Phi) is 6.27. The average molecular weight is 459 g/mol. The minimum atomic E-state index is -4.63. The number of hydrogen-bond acceptors (Lipinski definition) is 5. The fourth-order valence-electron chi connectivity index (χ4n) is 4.35. The maximum atomic E-state index is 13.9. The van der Waals surface area contributed by atoms with E-state index in [0.29, 0.717) is 11.3 Å². The van der Waals surface area contributed by atoms with Crippen molar-refractivity contribution in [1.29, 1.82) is 5.26 Å². The van der Waals surface area contributed by atoms with Crippen LogP contribution in [0.5, 0.6) is 5.88 Å². The SMILES string of the molecule is Cc1[nH]nc2c1C(c1cc(/C=C/CCC(N)=O)cc(C(F)(F)F)c1)(C(C)C)C(C#N)=C(N)O2. The third-order valence-corrected chi connectivity index (χ3v) is 5.74. The van der Waals surface area contributed by atoms with Crippen LogP contribution in [0.2, 0.25) is 0 Å². The number of fused-ring (bicyclic) bond motifs is 1. The predicted octanol–water partition coefficient (Wildman–Crippen LogP) is 4.04. The summed E-state index contributed by atoms with van der Waals surface area (Å²) < 4.78 is 47.2. The Morgan fingerprint density at radius 1 is 1.36 bits per heavy atom. The summed E-state index contributed by atoms with van der Waals surface area (Å²) in [6.45, 7) is 5.31. The zero-order chi connectivity index (χ0) is 24.6. The van der Waals surface area contributed by atoms with Crippen molar-refractivity contribution in [2.75, 3.05) is 0 Å². The van der Waals surface area contributed by atoms with Crippen molar-refractivity contribution in [3.05, 3.63) is 63.7 Å². The molecule has 1 atom stereocenters. The zero-order valence-electron chi connectivity index (χ0n) is 18.4. The average Bonchev–Trinajstić information content (AvgIpc) is 3.09. The van der Waals surface area contributed by atoms with Crippen LogP contribution in [0.1, 0.15) is 54.6 Å². The van der Waals surface area contributed by atoms with Crippen LogP contribution in [0.25, 0.3) is 6.08 Å². The van der Waals surface area contributed by atoms with Crippen molar-refractivity contribution in [3.8, 4) is 11.9 Å². The summed E-state index contributed by atoms with van der Waals surface area (Å²) in [5.41, 5.74) is 10.5. The molecule has 1 aliphatic rings. The van der Waals surface area contributed by atoms with Crippen LogP contribution in [0.15, 0.2) is 35.7 Å². The lowest BCUT2D eigenvalue weighted by atomic mass is 9.61. The molecule has 174 valence electrons. The predicted molar refractivity (Wildman–Crippen MR) is 115 cm³/mol. The highest BCUT2D eigenvalue weighted by Crippen LogP contribution is 2.53. The number of amides is 1. The van der Waals surface area contributed by atoms with Crippen LogP contribution in [0.3, 0.4) is 0 Å². The molecule has 3 rings (SSSR count). The monoisotopic (exact) mass is 459 g/mol. The molecule has 2 aromatic rings. The van der Waals surface area contributed by atoms with E-state index in [4.69, 9.17) is 16.2 Å². The van der Waals surface area contributed by atoms with E-state index in [0.717, 1.165) is 12.1 Å². The number of benzene rings is 1. The van der Waals surface area contributed by atoms with Gasteiger partial charge in [0.2, 0.25) is 17.7 Å². The summed E-state index contributed by atoms with van der Waals surface area (Å²) in [6.07, 6.45) is -1.20. The number of aromatic amines is 1. The highest BCUT2D eigenvalue weighted by molar-refractivity contribution is 5.74. The van der Waals surface area contributed by atoms with E-state index in [1.165, 1.54) is 6.08 Å². The van der Waals surface area contributed by atoms with Gasteiger partial charge in [0.25, 0.3) is 0 Å². The number of hydrogen-bond donors (Lipinski definition) is 3. The number of nitrogens with one attached hydrogen (secondary N) is 1. The second-order valence-corrected chi connectivity index (χ2v) is 8.19. The lowest BCUT2D eigenvalue weighted by molar-refractivity contribution is -0.137. The van der Waals surface area contributed by atoms with Crippen LogP contribution >= 0.6 is 0 Å². The van der Waals surface area contributed by atoms with E-state index < -0.39 is 23.1 Å². The zero-order valence-corrected chi connectivity index (χ0v) is 18.4. The first-order chi connectivity index (χ1) is 15.4. The van der Waals surface area contributed by atoms with Crippen LogP contribution in [-0.4, -0.2) is 16.1 Å². The van der Waals surface area contributed by atoms with Crippen molar-refractivity contribution < 1.29 is 22.7 Å². The number of ether oxygens (including phenoxy) is 1. The summed E-state index contributed by atoms with van der Waals surface area (Å²) in [4.78, 5) is 11.0. The van der Waals surface area contributed by atoms with Gasteiger partial charge in [0, 0.05) is 12.1 Å². The number of alkyl halides is 3. The molecule has 1 amide bonds. The molecule has 0 saturated carbocycles. The quantitative estimate of drug-likeness (QED) is 0.600. The molecule has 1 unspecified atom stereocenters. The van der Waals surface area contributed by atoms with Crippen molar-refractivity contribution >= 4 is 12.0 Å². The van der Waals surface area contributed by atoms with Crippen molar-refractivity contribution in [3.63, 3.8) is 0 Å². The van der Waals surface area contributed by atoms with Crippen molar-refractivity contribution in [2.24, 2.45) is 17.4 Å². The number of nitrogens with zero attached hydrogens (tertiary/aromatic N) is 2. The number of aromatic nitrogens is 2. The number of rotatable bonds is 6. The van der Waals surface area contributed by atoms with Crippen LogP contribution in [0, 0.1) is 24.2 Å². The van der Waals surface area contributed by atoms with Gasteiger partial charge in [-0.1, -0.05) is 32.1 Å². The normalized spacial score (nSPS) is 18.4. The third kappa shape index (κ3) is 4.18. The van der Waals surface area contributed by atoms with Crippen LogP contribution < -0.4 is 16.2 Å². The summed E-state index contributed by atoms with van der Waals surface area (Å²) in [5, 5.41) is 16.9. The molecular formula is C23H24F3N5O2. The molecule has 0 saturated heterocycles. The van der Waals surface area contributed by atoms with Gasteiger partial charge in [-0.05, 0) is 42.5 Å². The Hall–Kier alpha value is -3.74. The van der Waals surface area contributed by atoms with Gasteiger partial charge in [0.1, 0.15) is 11.6 Å². The maximum absolute atomic E-state index is 13.9. The standard InChI is InChI=1S/C23H24F3N5O2/c1-12(2)22(17(11-27)20(29)33-21-19(22)13(3)30-31-21)15-8-14(6-4-5-7-18(28)32)9-16(10-15)23(24,25)26/h4,6,8-10,12H,5,7,29H2,1-3H3,(H2,28,32)(H,30,31)/b6-4+. The van der Waals surface area contributed by atoms with E-state index in [-0.39, 0.29) is 47.2 Å². The first kappa shape index (κ1) is 23.9. The molecule has 0 radical (unpaired) electrons. The highest BCUT2D eigenvalue weighted by atomic mass is 19.4. The van der Waals surface area contributed by atoms with E-state index in [1.54, 1.807) is 32.9 Å². The minimum absolute atomic E-state index is 0.0116. The van der Waals surface area contributed by atoms with E-state index >= 15 is 0 Å². The molecular weight excluding hydrogens is 435 g/mol. The largest absolute Gasteiger partial charge is 0.420 e. The molecule has 0 spiro atoms. The lowest BCUT2D eigenvalue weighted by Crippen LogP contribution is -2.41. The Morgan fingerprint density at radius 3 is 2.64 bits per heavy atom. The van der Waals surface area contributed by atoms with E-state index in [1.807, 2.05) is 0 Å². The fraction of sp³-hybridized carbons (Fsp3) is 0.348. The Balaban J connectivity index is 2.34. The summed E-state index contributed by atoms with van der Waals surface area (Å²) in [6, 6.07) is 5.70. The Labute approximate surface area is 188 Å². The fourth-order valence-corrected chi connectivity index (χ4v) is 4.35. The van der Waals surface area contributed by atoms with E-state index in [9.17, 15) is 23.2 Å². The molecule has 5 N–H and O–H groups in total. The van der Waals surface area contributed by atoms with Gasteiger partial charge in [0.05, 0.1) is 16.5 Å². The van der Waals surface area contributed by atoms with E-state index in [2.05, 4.69) is 16.3 Å². The number of carbonyl (C=O) groups is 1. The Bertz CT molecular complexity index is 1190. The lowest BCUT2D eigenvalue weighted by Gasteiger charge is -2.41. The number of nitriles is 1. The van der Waals surface area contributed by atoms with Crippen LogP contribution in [0.4, 0.5) is 13.2 Å². The van der Waals surface area contributed by atoms with Crippen LogP contribution in [-0.2, 0) is 16.4 Å². The summed E-state index contributed by atoms with van der Waals surface area (Å²) in [7, 11) is 0. The first-order valence-corrected chi connectivity index (χ1v) is 10.2. The number of carbonyl (C=O) groups excluding carboxylic acids is 1. The van der Waals surface area contributed by atoms with Gasteiger partial charge >= 0.3 is 6.18 Å². The number of halogens is 3. The number of allylic oxidation sites excluding steroid dienone is 2. The maximum Gasteiger partial charge on any atom is 0.416 e. The van der Waals surface area contributed by atoms with Gasteiger partial charge in [-0.25, -0.2) is 0 Å². The number of aryl methyl sites for hydroxylation is 1.